The van der Waals surface area contributed by atoms with Gasteiger partial charge in [0.1, 0.15) is 0 Å². The Bertz CT molecular complexity index is 439. The monoisotopic (exact) mass is 324 g/mol. The summed E-state index contributed by atoms with van der Waals surface area (Å²) in [6.07, 6.45) is 1.11. The third-order valence-electron chi connectivity index (χ3n) is 3.20. The van der Waals surface area contributed by atoms with Crippen molar-refractivity contribution >= 4 is 2.30 Å². The fraction of sp³-hybridized carbons (Fsp3) is 0.562. The zero-order chi connectivity index (χ0) is 13.9. The average Bonchev–Trinajstić information content (AvgIpc) is 2.20. The Hall–Kier alpha value is 0.124. The Morgan fingerprint density at radius 2 is 1.89 bits per heavy atom. The molecule has 1 rings (SSSR count). The topological polar surface area (TPSA) is 0 Å². The van der Waals surface area contributed by atoms with E-state index in [9.17, 15) is 1.92 Å². The van der Waals surface area contributed by atoms with Gasteiger partial charge in [-0.15, -0.1) is 0 Å². The van der Waals surface area contributed by atoms with Crippen LogP contribution in [0.4, 0.5) is 1.92 Å². The van der Waals surface area contributed by atoms with Crippen molar-refractivity contribution in [3.8, 4) is 0 Å². The Morgan fingerprint density at radius 1 is 1.28 bits per heavy atom. The molecule has 0 fully saturated rings. The van der Waals surface area contributed by atoms with Gasteiger partial charge in [-0.2, -0.15) is 0 Å². The molecule has 0 radical (unpaired) electrons. The molecule has 0 amide bonds. The summed E-state index contributed by atoms with van der Waals surface area (Å²) in [6, 6.07) is 6.50. The normalized spacial score (nSPS) is 12.8. The summed E-state index contributed by atoms with van der Waals surface area (Å²) in [5.74, 6) is 0.666. The van der Waals surface area contributed by atoms with Gasteiger partial charge in [-0.1, -0.05) is 0 Å². The molecular weight excluding hydrogens is 300 g/mol. The molecule has 2 heteroatoms. The van der Waals surface area contributed by atoms with Crippen molar-refractivity contribution in [1.29, 1.82) is 0 Å². The number of rotatable bonds is 3. The van der Waals surface area contributed by atoms with Gasteiger partial charge in [0.25, 0.3) is 0 Å². The van der Waals surface area contributed by atoms with Crippen LogP contribution in [0.1, 0.15) is 51.3 Å². The van der Waals surface area contributed by atoms with Crippen LogP contribution in [0.15, 0.2) is 18.2 Å². The predicted octanol–water partition coefficient (Wildman–Crippen LogP) is 4.73. The molecule has 98 valence electrons. The quantitative estimate of drug-likeness (QED) is 0.754. The van der Waals surface area contributed by atoms with Gasteiger partial charge in [-0.05, 0) is 0 Å². The zero-order valence-corrected chi connectivity index (χ0v) is 15.3. The molecule has 0 N–H and O–H groups in total. The average molecular weight is 324 g/mol. The van der Waals surface area contributed by atoms with Crippen molar-refractivity contribution in [2.45, 2.75) is 48.0 Å². The number of halogens is 1. The summed E-state index contributed by atoms with van der Waals surface area (Å²) in [7, 11) is 0. The van der Waals surface area contributed by atoms with Gasteiger partial charge < -0.3 is 0 Å². The minimum absolute atomic E-state index is 0.0259. The van der Waals surface area contributed by atoms with Gasteiger partial charge in [-0.3, -0.25) is 0 Å². The summed E-state index contributed by atoms with van der Waals surface area (Å²) in [5, 5.41) is 0. The van der Waals surface area contributed by atoms with E-state index < -0.39 is 29.4 Å². The number of benzene rings is 1. The van der Waals surface area contributed by atoms with Crippen LogP contribution in [0.3, 0.4) is 0 Å². The molecular formula is C16H24FY. The van der Waals surface area contributed by atoms with Crippen LogP contribution in [0.5, 0.6) is 0 Å². The summed E-state index contributed by atoms with van der Waals surface area (Å²) in [6.45, 7) is 13.0. The first-order valence-electron chi connectivity index (χ1n) is 6.66. The molecule has 0 aliphatic carbocycles. The Balaban J connectivity index is 3.11. The third-order valence-corrected chi connectivity index (χ3v) is 6.68. The van der Waals surface area contributed by atoms with E-state index in [0.29, 0.717) is 5.92 Å². The van der Waals surface area contributed by atoms with Crippen molar-refractivity contribution in [1.82, 2.24) is 0 Å². The van der Waals surface area contributed by atoms with Gasteiger partial charge in [0, 0.05) is 0 Å². The van der Waals surface area contributed by atoms with E-state index >= 15 is 0 Å². The molecule has 1 aromatic rings. The molecule has 0 spiro atoms. The standard InChI is InChI=1S/C16H24.FH.Y/c1-12(2)9-15-8-7-14(10-13(15)3)11-16(4,5)6;;/h7-8,10,12H,9H2,1-6H3;1H;/q;;+1/p-1. The molecule has 0 atom stereocenters. The zero-order valence-electron chi connectivity index (χ0n) is 12.5. The van der Waals surface area contributed by atoms with Crippen molar-refractivity contribution in [2.24, 2.45) is 11.3 Å². The van der Waals surface area contributed by atoms with Crippen LogP contribution in [0.25, 0.3) is 0 Å². The summed E-state index contributed by atoms with van der Waals surface area (Å²) >= 11 is -2.06. The van der Waals surface area contributed by atoms with Gasteiger partial charge in [0.15, 0.2) is 0 Å². The van der Waals surface area contributed by atoms with E-state index in [4.69, 9.17) is 0 Å². The maximum atomic E-state index is 13.4. The third kappa shape index (κ3) is 4.35. The molecule has 0 nitrogen and oxygen atoms in total. The van der Waals surface area contributed by atoms with Gasteiger partial charge in [0.05, 0.1) is 0 Å². The van der Waals surface area contributed by atoms with Gasteiger partial charge >= 0.3 is 128 Å². The summed E-state index contributed by atoms with van der Waals surface area (Å²) in [5.41, 5.74) is 3.81. The SMILES string of the molecule is Cc1cc([C](=[Y][F])C(C)(C)C)ccc1CC(C)C. The van der Waals surface area contributed by atoms with Crippen molar-refractivity contribution in [3.05, 3.63) is 34.9 Å². The number of aryl methyl sites for hydroxylation is 1. The number of hydrogen-bond acceptors (Lipinski definition) is 0. The molecule has 18 heavy (non-hydrogen) atoms. The Kier molecular flexibility index (Phi) is 5.86. The molecule has 0 aliphatic heterocycles. The van der Waals surface area contributed by atoms with E-state index in [1.165, 1.54) is 11.1 Å². The van der Waals surface area contributed by atoms with Crippen LogP contribution in [0, 0.1) is 18.3 Å². The van der Waals surface area contributed by atoms with E-state index in [1.54, 1.807) is 0 Å². The molecule has 0 aliphatic rings. The van der Waals surface area contributed by atoms with Crippen molar-refractivity contribution in [2.75, 3.05) is 0 Å². The molecule has 0 saturated carbocycles. The van der Waals surface area contributed by atoms with Crippen LogP contribution < -0.4 is 0 Å². The van der Waals surface area contributed by atoms with Crippen LogP contribution in [-0.4, -0.2) is 2.30 Å². The summed E-state index contributed by atoms with van der Waals surface area (Å²) in [4.78, 5) is 0. The van der Waals surface area contributed by atoms with Crippen LogP contribution >= 0.6 is 0 Å². The Labute approximate surface area is 127 Å². The van der Waals surface area contributed by atoms with Gasteiger partial charge in [-0.25, -0.2) is 0 Å². The van der Waals surface area contributed by atoms with Crippen LogP contribution in [-0.2, 0) is 35.8 Å². The number of hydrogen-bond donors (Lipinski definition) is 0. The van der Waals surface area contributed by atoms with Crippen LogP contribution in [0.2, 0.25) is 0 Å². The maximum absolute atomic E-state index is 13.4. The van der Waals surface area contributed by atoms with E-state index in [-0.39, 0.29) is 5.41 Å². The van der Waals surface area contributed by atoms with Crippen molar-refractivity contribution < 1.29 is 31.3 Å². The second-order valence-electron chi connectivity index (χ2n) is 6.51. The van der Waals surface area contributed by atoms with Crippen molar-refractivity contribution in [3.63, 3.8) is 0 Å². The van der Waals surface area contributed by atoms with E-state index in [2.05, 4.69) is 59.7 Å². The van der Waals surface area contributed by atoms with E-state index in [0.717, 1.165) is 14.3 Å². The van der Waals surface area contributed by atoms with Gasteiger partial charge in [0.2, 0.25) is 0 Å². The van der Waals surface area contributed by atoms with E-state index in [1.807, 2.05) is 0 Å². The second kappa shape index (κ2) is 6.52. The first kappa shape index (κ1) is 16.2. The molecule has 0 aromatic heterocycles. The minimum atomic E-state index is -2.06. The molecule has 1 aromatic carbocycles. The molecule has 0 bridgehead atoms. The predicted molar refractivity (Wildman–Crippen MR) is 74.4 cm³/mol. The summed E-state index contributed by atoms with van der Waals surface area (Å²) < 4.78 is 14.5. The molecule has 0 heterocycles. The Morgan fingerprint density at radius 3 is 2.28 bits per heavy atom. The fourth-order valence-corrected chi connectivity index (χ4v) is 3.75. The molecule has 0 saturated heterocycles. The molecule has 0 unspecified atom stereocenters. The second-order valence-corrected chi connectivity index (χ2v) is 8.47. The first-order valence-corrected chi connectivity index (χ1v) is 9.15. The first-order chi connectivity index (χ1) is 8.25. The fourth-order valence-electron chi connectivity index (χ4n) is 2.19.